The molecular weight excluding hydrogens is 332 g/mol. The number of esters is 1. The van der Waals surface area contributed by atoms with Crippen LogP contribution in [-0.2, 0) is 4.74 Å². The maximum atomic E-state index is 11.7. The van der Waals surface area contributed by atoms with E-state index in [0.29, 0.717) is 11.1 Å². The van der Waals surface area contributed by atoms with E-state index in [1.54, 1.807) is 18.3 Å². The van der Waals surface area contributed by atoms with Crippen molar-refractivity contribution < 1.29 is 14.3 Å². The number of primary amides is 1. The van der Waals surface area contributed by atoms with Gasteiger partial charge in [0.1, 0.15) is 0 Å². The summed E-state index contributed by atoms with van der Waals surface area (Å²) in [5, 5.41) is 0. The number of anilines is 2. The summed E-state index contributed by atoms with van der Waals surface area (Å²) >= 11 is 0. The third-order valence-corrected chi connectivity index (χ3v) is 4.65. The van der Waals surface area contributed by atoms with E-state index in [1.165, 1.54) is 13.3 Å². The Bertz CT molecular complexity index is 807. The van der Waals surface area contributed by atoms with Gasteiger partial charge in [0.15, 0.2) is 0 Å². The summed E-state index contributed by atoms with van der Waals surface area (Å²) in [6.07, 6.45) is 3.19. The minimum absolute atomic E-state index is 0.185. The highest BCUT2D eigenvalue weighted by atomic mass is 16.5. The van der Waals surface area contributed by atoms with Gasteiger partial charge in [-0.3, -0.25) is 9.78 Å². The molecule has 1 saturated heterocycles. The van der Waals surface area contributed by atoms with Gasteiger partial charge in [-0.15, -0.1) is 0 Å². The molecule has 1 aromatic heterocycles. The number of carbonyl (C=O) groups excluding carboxylic acids is 2. The number of carbonyl (C=O) groups is 2. The van der Waals surface area contributed by atoms with Crippen LogP contribution in [0.1, 0.15) is 27.6 Å². The second-order valence-corrected chi connectivity index (χ2v) is 6.28. The van der Waals surface area contributed by atoms with E-state index in [0.717, 1.165) is 31.0 Å². The van der Waals surface area contributed by atoms with E-state index < -0.39 is 5.91 Å². The van der Waals surface area contributed by atoms with Crippen LogP contribution in [0.15, 0.2) is 42.7 Å². The van der Waals surface area contributed by atoms with Crippen LogP contribution in [0.3, 0.4) is 0 Å². The molecule has 26 heavy (non-hydrogen) atoms. The molecule has 0 spiro atoms. The fraction of sp³-hybridized carbons (Fsp3) is 0.316. The van der Waals surface area contributed by atoms with E-state index in [1.807, 2.05) is 18.2 Å². The second kappa shape index (κ2) is 7.43. The van der Waals surface area contributed by atoms with Crippen molar-refractivity contribution in [2.75, 3.05) is 36.5 Å². The molecular formula is C19H22N4O3. The molecule has 2 heterocycles. The molecule has 136 valence electrons. The van der Waals surface area contributed by atoms with Gasteiger partial charge in [-0.25, -0.2) is 4.79 Å². The summed E-state index contributed by atoms with van der Waals surface area (Å²) in [7, 11) is 1.37. The SMILES string of the molecule is COC(=O)c1ccc(N2CCN(c3ccncc3C(N)=O)C(C)C2)cc1. The van der Waals surface area contributed by atoms with E-state index in [-0.39, 0.29) is 12.0 Å². The Hall–Kier alpha value is -3.09. The molecule has 2 aromatic rings. The number of rotatable bonds is 4. The van der Waals surface area contributed by atoms with Gasteiger partial charge in [-0.1, -0.05) is 0 Å². The first kappa shape index (κ1) is 17.7. The first-order chi connectivity index (χ1) is 12.5. The molecule has 0 radical (unpaired) electrons. The molecule has 1 atom stereocenters. The number of benzene rings is 1. The number of amides is 1. The molecule has 2 N–H and O–H groups in total. The molecule has 1 fully saturated rings. The van der Waals surface area contributed by atoms with E-state index in [9.17, 15) is 9.59 Å². The van der Waals surface area contributed by atoms with Gasteiger partial charge in [-0.2, -0.15) is 0 Å². The van der Waals surface area contributed by atoms with Gasteiger partial charge in [-0.05, 0) is 37.3 Å². The van der Waals surface area contributed by atoms with Crippen molar-refractivity contribution in [3.63, 3.8) is 0 Å². The fourth-order valence-corrected chi connectivity index (χ4v) is 3.30. The molecule has 0 aliphatic carbocycles. The number of hydrogen-bond donors (Lipinski definition) is 1. The quantitative estimate of drug-likeness (QED) is 0.841. The van der Waals surface area contributed by atoms with E-state index in [4.69, 9.17) is 10.5 Å². The minimum atomic E-state index is -0.471. The Morgan fingerprint density at radius 1 is 1.19 bits per heavy atom. The summed E-state index contributed by atoms with van der Waals surface area (Å²) in [4.78, 5) is 31.7. The zero-order chi connectivity index (χ0) is 18.7. The lowest BCUT2D eigenvalue weighted by atomic mass is 10.1. The number of methoxy groups -OCH3 is 1. The first-order valence-electron chi connectivity index (χ1n) is 8.45. The summed E-state index contributed by atoms with van der Waals surface area (Å²) < 4.78 is 4.73. The second-order valence-electron chi connectivity index (χ2n) is 6.28. The predicted octanol–water partition coefficient (Wildman–Crippen LogP) is 1.68. The molecule has 1 aromatic carbocycles. The van der Waals surface area contributed by atoms with Crippen molar-refractivity contribution in [3.05, 3.63) is 53.9 Å². The van der Waals surface area contributed by atoms with Crippen LogP contribution in [0.2, 0.25) is 0 Å². The Kier molecular flexibility index (Phi) is 5.06. The van der Waals surface area contributed by atoms with Gasteiger partial charge in [0.2, 0.25) is 0 Å². The van der Waals surface area contributed by atoms with E-state index in [2.05, 4.69) is 21.7 Å². The van der Waals surface area contributed by atoms with Gasteiger partial charge < -0.3 is 20.3 Å². The molecule has 7 heteroatoms. The van der Waals surface area contributed by atoms with Crippen molar-refractivity contribution in [1.29, 1.82) is 0 Å². The normalized spacial score (nSPS) is 17.1. The summed E-state index contributed by atoms with van der Waals surface area (Å²) in [6, 6.07) is 9.41. The Balaban J connectivity index is 1.75. The third-order valence-electron chi connectivity index (χ3n) is 4.65. The molecule has 1 unspecified atom stereocenters. The highest BCUT2D eigenvalue weighted by Crippen LogP contribution is 2.26. The third kappa shape index (κ3) is 3.46. The van der Waals surface area contributed by atoms with Gasteiger partial charge in [0.05, 0.1) is 23.9 Å². The van der Waals surface area contributed by atoms with Crippen LogP contribution in [0.5, 0.6) is 0 Å². The van der Waals surface area contributed by atoms with Gasteiger partial charge in [0, 0.05) is 43.8 Å². The van der Waals surface area contributed by atoms with Crippen molar-refractivity contribution in [2.24, 2.45) is 5.73 Å². The fourth-order valence-electron chi connectivity index (χ4n) is 3.30. The Labute approximate surface area is 152 Å². The zero-order valence-electron chi connectivity index (χ0n) is 14.9. The highest BCUT2D eigenvalue weighted by molar-refractivity contribution is 5.98. The largest absolute Gasteiger partial charge is 0.465 e. The average molecular weight is 354 g/mol. The maximum Gasteiger partial charge on any atom is 0.337 e. The van der Waals surface area contributed by atoms with Crippen LogP contribution < -0.4 is 15.5 Å². The van der Waals surface area contributed by atoms with Crippen molar-refractivity contribution >= 4 is 23.3 Å². The monoisotopic (exact) mass is 354 g/mol. The van der Waals surface area contributed by atoms with Gasteiger partial charge >= 0.3 is 5.97 Å². The minimum Gasteiger partial charge on any atom is -0.465 e. The highest BCUT2D eigenvalue weighted by Gasteiger charge is 2.26. The molecule has 0 bridgehead atoms. The Morgan fingerprint density at radius 2 is 1.92 bits per heavy atom. The molecule has 3 rings (SSSR count). The number of piperazine rings is 1. The lowest BCUT2D eigenvalue weighted by Crippen LogP contribution is -2.52. The van der Waals surface area contributed by atoms with Crippen LogP contribution >= 0.6 is 0 Å². The number of pyridine rings is 1. The number of ether oxygens (including phenoxy) is 1. The summed E-state index contributed by atoms with van der Waals surface area (Å²) in [6.45, 7) is 4.45. The number of hydrogen-bond acceptors (Lipinski definition) is 6. The molecule has 1 amide bonds. The van der Waals surface area contributed by atoms with Gasteiger partial charge in [0.25, 0.3) is 5.91 Å². The van der Waals surface area contributed by atoms with Crippen LogP contribution in [0.4, 0.5) is 11.4 Å². The summed E-state index contributed by atoms with van der Waals surface area (Å²) in [5.74, 6) is -0.812. The van der Waals surface area contributed by atoms with Crippen LogP contribution in [0.25, 0.3) is 0 Å². The number of nitrogens with zero attached hydrogens (tertiary/aromatic N) is 3. The predicted molar refractivity (Wildman–Crippen MR) is 99.6 cm³/mol. The van der Waals surface area contributed by atoms with Crippen molar-refractivity contribution in [2.45, 2.75) is 13.0 Å². The first-order valence-corrected chi connectivity index (χ1v) is 8.45. The molecule has 0 saturated carbocycles. The maximum absolute atomic E-state index is 11.7. The lowest BCUT2D eigenvalue weighted by molar-refractivity contribution is 0.0600. The van der Waals surface area contributed by atoms with E-state index >= 15 is 0 Å². The zero-order valence-corrected chi connectivity index (χ0v) is 14.9. The average Bonchev–Trinajstić information content (AvgIpc) is 2.67. The summed E-state index contributed by atoms with van der Waals surface area (Å²) in [5.41, 5.74) is 8.32. The number of aromatic nitrogens is 1. The number of nitrogens with two attached hydrogens (primary N) is 1. The molecule has 7 nitrogen and oxygen atoms in total. The van der Waals surface area contributed by atoms with Crippen molar-refractivity contribution in [1.82, 2.24) is 4.98 Å². The molecule has 1 aliphatic rings. The standard InChI is InChI=1S/C19H22N4O3/c1-13-12-22(15-5-3-14(4-6-15)19(25)26-2)9-10-23(13)17-7-8-21-11-16(17)18(20)24/h3-8,11,13H,9-10,12H2,1-2H3,(H2,20,24). The Morgan fingerprint density at radius 3 is 2.54 bits per heavy atom. The molecule has 1 aliphatic heterocycles. The topological polar surface area (TPSA) is 88.8 Å². The van der Waals surface area contributed by atoms with Crippen LogP contribution in [0, 0.1) is 0 Å². The lowest BCUT2D eigenvalue weighted by Gasteiger charge is -2.42. The van der Waals surface area contributed by atoms with Crippen molar-refractivity contribution in [3.8, 4) is 0 Å². The van der Waals surface area contributed by atoms with Crippen LogP contribution in [-0.4, -0.2) is 49.6 Å². The smallest absolute Gasteiger partial charge is 0.337 e.